The van der Waals surface area contributed by atoms with Gasteiger partial charge in [0.05, 0.1) is 10.7 Å². The summed E-state index contributed by atoms with van der Waals surface area (Å²) in [7, 11) is 0. The Morgan fingerprint density at radius 2 is 1.76 bits per heavy atom. The molecular formula is C21H21BrN4O2S. The number of hydrogen-bond donors (Lipinski definition) is 2. The zero-order chi connectivity index (χ0) is 20.5. The van der Waals surface area contributed by atoms with Gasteiger partial charge in [-0.25, -0.2) is 4.98 Å². The van der Waals surface area contributed by atoms with E-state index in [9.17, 15) is 9.59 Å². The molecule has 29 heavy (non-hydrogen) atoms. The zero-order valence-electron chi connectivity index (χ0n) is 15.7. The van der Waals surface area contributed by atoms with Crippen molar-refractivity contribution < 1.29 is 9.59 Å². The Kier molecular flexibility index (Phi) is 7.89. The molecule has 0 bridgehead atoms. The second-order valence-electron chi connectivity index (χ2n) is 6.33. The SMILES string of the molecule is O=C(CCNC(=O)c1ccc(Br)cc1)NCCCc1nc(-c2ccncc2)cs1. The number of carbonyl (C=O) groups is 2. The summed E-state index contributed by atoms with van der Waals surface area (Å²) < 4.78 is 0.916. The van der Waals surface area contributed by atoms with E-state index in [4.69, 9.17) is 0 Å². The first-order valence-corrected chi connectivity index (χ1v) is 10.9. The first-order chi connectivity index (χ1) is 14.1. The molecule has 0 aliphatic carbocycles. The van der Waals surface area contributed by atoms with E-state index in [0.717, 1.165) is 33.6 Å². The molecule has 0 aliphatic heterocycles. The molecule has 0 aliphatic rings. The van der Waals surface area contributed by atoms with E-state index >= 15 is 0 Å². The predicted octanol–water partition coefficient (Wildman–Crippen LogP) is 3.84. The molecule has 2 heterocycles. The molecule has 8 heteroatoms. The summed E-state index contributed by atoms with van der Waals surface area (Å²) in [6.07, 6.45) is 5.40. The monoisotopic (exact) mass is 472 g/mol. The maximum atomic E-state index is 12.0. The number of nitrogens with one attached hydrogen (secondary N) is 2. The smallest absolute Gasteiger partial charge is 0.251 e. The van der Waals surface area contributed by atoms with Crippen molar-refractivity contribution in [3.05, 3.63) is 69.2 Å². The molecule has 0 unspecified atom stereocenters. The average Bonchev–Trinajstić information content (AvgIpc) is 3.21. The van der Waals surface area contributed by atoms with Gasteiger partial charge in [0.1, 0.15) is 0 Å². The lowest BCUT2D eigenvalue weighted by Crippen LogP contribution is -2.31. The normalized spacial score (nSPS) is 10.5. The third kappa shape index (κ3) is 6.76. The number of hydrogen-bond acceptors (Lipinski definition) is 5. The lowest BCUT2D eigenvalue weighted by atomic mass is 10.2. The summed E-state index contributed by atoms with van der Waals surface area (Å²) in [6.45, 7) is 0.895. The average molecular weight is 473 g/mol. The predicted molar refractivity (Wildman–Crippen MR) is 118 cm³/mol. The van der Waals surface area contributed by atoms with Crippen molar-refractivity contribution in [2.45, 2.75) is 19.3 Å². The maximum absolute atomic E-state index is 12.0. The van der Waals surface area contributed by atoms with Crippen LogP contribution in [0, 0.1) is 0 Å². The van der Waals surface area contributed by atoms with E-state index in [1.165, 1.54) is 0 Å². The van der Waals surface area contributed by atoms with Gasteiger partial charge in [-0.3, -0.25) is 14.6 Å². The third-order valence-corrected chi connectivity index (χ3v) is 5.60. The molecule has 3 rings (SSSR count). The zero-order valence-corrected chi connectivity index (χ0v) is 18.1. The van der Waals surface area contributed by atoms with E-state index in [1.54, 1.807) is 35.9 Å². The Morgan fingerprint density at radius 3 is 2.52 bits per heavy atom. The number of carbonyl (C=O) groups excluding carboxylic acids is 2. The number of rotatable bonds is 9. The molecule has 2 amide bonds. The summed E-state index contributed by atoms with van der Waals surface area (Å²) in [5, 5.41) is 8.73. The molecule has 3 aromatic rings. The van der Waals surface area contributed by atoms with Crippen LogP contribution in [0.15, 0.2) is 58.6 Å². The number of amides is 2. The number of thiazole rings is 1. The fourth-order valence-corrected chi connectivity index (χ4v) is 3.74. The second kappa shape index (κ2) is 10.8. The number of halogens is 1. The Balaban J connectivity index is 1.31. The molecule has 0 atom stereocenters. The molecule has 2 N–H and O–H groups in total. The first-order valence-electron chi connectivity index (χ1n) is 9.27. The Morgan fingerprint density at radius 1 is 1.00 bits per heavy atom. The van der Waals surface area contributed by atoms with E-state index in [-0.39, 0.29) is 18.2 Å². The van der Waals surface area contributed by atoms with Gasteiger partial charge < -0.3 is 10.6 Å². The minimum Gasteiger partial charge on any atom is -0.356 e. The number of pyridine rings is 1. The summed E-state index contributed by atoms with van der Waals surface area (Å²) in [5.41, 5.74) is 2.59. The molecule has 2 aromatic heterocycles. The van der Waals surface area contributed by atoms with Gasteiger partial charge in [0.25, 0.3) is 5.91 Å². The summed E-state index contributed by atoms with van der Waals surface area (Å²) >= 11 is 4.96. The van der Waals surface area contributed by atoms with Crippen molar-refractivity contribution in [2.24, 2.45) is 0 Å². The molecule has 0 radical (unpaired) electrons. The van der Waals surface area contributed by atoms with Crippen LogP contribution in [0.2, 0.25) is 0 Å². The van der Waals surface area contributed by atoms with Crippen molar-refractivity contribution >= 4 is 39.1 Å². The Hall–Kier alpha value is -2.58. The topological polar surface area (TPSA) is 84.0 Å². The Bertz CT molecular complexity index is 945. The van der Waals surface area contributed by atoms with Crippen LogP contribution in [0.5, 0.6) is 0 Å². The van der Waals surface area contributed by atoms with Crippen molar-refractivity contribution in [3.63, 3.8) is 0 Å². The van der Waals surface area contributed by atoms with Gasteiger partial charge in [0.15, 0.2) is 0 Å². The summed E-state index contributed by atoms with van der Waals surface area (Å²) in [4.78, 5) is 32.6. The quantitative estimate of drug-likeness (QED) is 0.463. The van der Waals surface area contributed by atoms with Crippen LogP contribution >= 0.6 is 27.3 Å². The van der Waals surface area contributed by atoms with E-state index in [0.29, 0.717) is 18.7 Å². The third-order valence-electron chi connectivity index (χ3n) is 4.16. The lowest BCUT2D eigenvalue weighted by Gasteiger charge is -2.06. The van der Waals surface area contributed by atoms with Crippen LogP contribution < -0.4 is 10.6 Å². The van der Waals surface area contributed by atoms with Crippen LogP contribution in [-0.2, 0) is 11.2 Å². The van der Waals surface area contributed by atoms with E-state index in [1.807, 2.05) is 29.6 Å². The van der Waals surface area contributed by atoms with Crippen LogP contribution in [0.3, 0.4) is 0 Å². The maximum Gasteiger partial charge on any atom is 0.251 e. The number of nitrogens with zero attached hydrogens (tertiary/aromatic N) is 2. The molecule has 0 saturated carbocycles. The minimum atomic E-state index is -0.181. The highest BCUT2D eigenvalue weighted by atomic mass is 79.9. The van der Waals surface area contributed by atoms with Gasteiger partial charge in [-0.15, -0.1) is 11.3 Å². The number of benzene rings is 1. The van der Waals surface area contributed by atoms with Crippen LogP contribution in [-0.4, -0.2) is 34.9 Å². The van der Waals surface area contributed by atoms with Crippen molar-refractivity contribution in [3.8, 4) is 11.3 Å². The highest BCUT2D eigenvalue weighted by Gasteiger charge is 2.07. The van der Waals surface area contributed by atoms with E-state index < -0.39 is 0 Å². The molecular weight excluding hydrogens is 452 g/mol. The molecule has 1 aromatic carbocycles. The van der Waals surface area contributed by atoms with Gasteiger partial charge in [-0.05, 0) is 42.8 Å². The Labute approximate surface area is 181 Å². The first kappa shape index (κ1) is 21.1. The highest BCUT2D eigenvalue weighted by molar-refractivity contribution is 9.10. The fraction of sp³-hybridized carbons (Fsp3) is 0.238. The largest absolute Gasteiger partial charge is 0.356 e. The molecule has 6 nitrogen and oxygen atoms in total. The number of aromatic nitrogens is 2. The van der Waals surface area contributed by atoms with Crippen molar-refractivity contribution in [1.29, 1.82) is 0 Å². The van der Waals surface area contributed by atoms with Gasteiger partial charge >= 0.3 is 0 Å². The standard InChI is InChI=1S/C21H21BrN4O2S/c22-17-5-3-16(4-6-17)21(28)25-13-9-19(27)24-10-1-2-20-26-18(14-29-20)15-7-11-23-12-8-15/h3-8,11-12,14H,1-2,9-10,13H2,(H,24,27)(H,25,28). The number of aryl methyl sites for hydroxylation is 1. The van der Waals surface area contributed by atoms with Gasteiger partial charge in [0, 0.05) is 59.3 Å². The van der Waals surface area contributed by atoms with Gasteiger partial charge in [-0.2, -0.15) is 0 Å². The molecule has 0 saturated heterocycles. The van der Waals surface area contributed by atoms with Crippen molar-refractivity contribution in [2.75, 3.05) is 13.1 Å². The lowest BCUT2D eigenvalue weighted by molar-refractivity contribution is -0.120. The van der Waals surface area contributed by atoms with E-state index in [2.05, 4.69) is 36.5 Å². The molecule has 150 valence electrons. The van der Waals surface area contributed by atoms with Crippen molar-refractivity contribution in [1.82, 2.24) is 20.6 Å². The summed E-state index contributed by atoms with van der Waals surface area (Å²) in [6, 6.07) is 11.0. The van der Waals surface area contributed by atoms with Crippen LogP contribution in [0.1, 0.15) is 28.2 Å². The van der Waals surface area contributed by atoms with Crippen LogP contribution in [0.4, 0.5) is 0 Å². The highest BCUT2D eigenvalue weighted by Crippen LogP contribution is 2.21. The summed E-state index contributed by atoms with van der Waals surface area (Å²) in [5.74, 6) is -0.253. The molecule has 0 fully saturated rings. The fourth-order valence-electron chi connectivity index (χ4n) is 2.63. The van der Waals surface area contributed by atoms with Gasteiger partial charge in [0.2, 0.25) is 5.91 Å². The minimum absolute atomic E-state index is 0.0716. The second-order valence-corrected chi connectivity index (χ2v) is 8.19. The molecule has 0 spiro atoms. The van der Waals surface area contributed by atoms with Crippen LogP contribution in [0.25, 0.3) is 11.3 Å². The van der Waals surface area contributed by atoms with Gasteiger partial charge in [-0.1, -0.05) is 15.9 Å².